The lowest BCUT2D eigenvalue weighted by Gasteiger charge is -2.32. The Labute approximate surface area is 89.5 Å². The quantitative estimate of drug-likeness (QED) is 0.619. The highest BCUT2D eigenvalue weighted by Crippen LogP contribution is 2.47. The molecule has 15 heavy (non-hydrogen) atoms. The highest BCUT2D eigenvalue weighted by Gasteiger charge is 2.45. The van der Waals surface area contributed by atoms with E-state index < -0.39 is 5.41 Å². The molecule has 0 aliphatic heterocycles. The Bertz CT molecular complexity index is 354. The Morgan fingerprint density at radius 3 is 2.73 bits per heavy atom. The SMILES string of the molecule is COC(=O)C1(C)CCC(=O)C2=C1CCC2. The Kier molecular flexibility index (Phi) is 2.41. The molecule has 0 fully saturated rings. The molecule has 0 heterocycles. The first-order valence-corrected chi connectivity index (χ1v) is 5.43. The maximum absolute atomic E-state index is 11.8. The summed E-state index contributed by atoms with van der Waals surface area (Å²) in [5, 5.41) is 0. The summed E-state index contributed by atoms with van der Waals surface area (Å²) in [5.74, 6) is 0.0493. The maximum Gasteiger partial charge on any atom is 0.315 e. The lowest BCUT2D eigenvalue weighted by molar-refractivity contribution is -0.150. The Hall–Kier alpha value is -1.12. The first-order valence-electron chi connectivity index (χ1n) is 5.43. The topological polar surface area (TPSA) is 43.4 Å². The molecule has 2 aliphatic carbocycles. The van der Waals surface area contributed by atoms with Gasteiger partial charge in [0, 0.05) is 6.42 Å². The highest BCUT2D eigenvalue weighted by atomic mass is 16.5. The van der Waals surface area contributed by atoms with Crippen LogP contribution in [0, 0.1) is 5.41 Å². The van der Waals surface area contributed by atoms with Gasteiger partial charge in [-0.15, -0.1) is 0 Å². The number of ether oxygens (including phenoxy) is 1. The van der Waals surface area contributed by atoms with Gasteiger partial charge < -0.3 is 4.74 Å². The second-order valence-corrected chi connectivity index (χ2v) is 4.56. The van der Waals surface area contributed by atoms with Crippen LogP contribution in [0.3, 0.4) is 0 Å². The maximum atomic E-state index is 11.8. The van der Waals surface area contributed by atoms with E-state index in [4.69, 9.17) is 4.74 Å². The van der Waals surface area contributed by atoms with Crippen molar-refractivity contribution < 1.29 is 14.3 Å². The average molecular weight is 208 g/mol. The fourth-order valence-electron chi connectivity index (χ4n) is 2.78. The van der Waals surface area contributed by atoms with Crippen molar-refractivity contribution in [1.29, 1.82) is 0 Å². The molecule has 0 aromatic heterocycles. The summed E-state index contributed by atoms with van der Waals surface area (Å²) in [7, 11) is 1.42. The zero-order valence-corrected chi connectivity index (χ0v) is 9.26. The number of methoxy groups -OCH3 is 1. The fourth-order valence-corrected chi connectivity index (χ4v) is 2.78. The lowest BCUT2D eigenvalue weighted by Crippen LogP contribution is -2.35. The van der Waals surface area contributed by atoms with Gasteiger partial charge in [-0.3, -0.25) is 9.59 Å². The number of allylic oxidation sites excluding steroid dienone is 1. The van der Waals surface area contributed by atoms with Gasteiger partial charge in [-0.1, -0.05) is 0 Å². The summed E-state index contributed by atoms with van der Waals surface area (Å²) in [6.07, 6.45) is 3.83. The van der Waals surface area contributed by atoms with Gasteiger partial charge in [0.25, 0.3) is 0 Å². The third-order valence-electron chi connectivity index (χ3n) is 3.71. The molecular weight excluding hydrogens is 192 g/mol. The van der Waals surface area contributed by atoms with Crippen LogP contribution < -0.4 is 0 Å². The number of hydrogen-bond donors (Lipinski definition) is 0. The zero-order valence-electron chi connectivity index (χ0n) is 9.26. The molecule has 82 valence electrons. The molecule has 1 unspecified atom stereocenters. The first kappa shape index (κ1) is 10.4. The van der Waals surface area contributed by atoms with Gasteiger partial charge >= 0.3 is 5.97 Å². The van der Waals surface area contributed by atoms with Crippen LogP contribution >= 0.6 is 0 Å². The summed E-state index contributed by atoms with van der Waals surface area (Å²) >= 11 is 0. The molecule has 2 aliphatic rings. The molecule has 0 radical (unpaired) electrons. The number of hydrogen-bond acceptors (Lipinski definition) is 3. The Morgan fingerprint density at radius 1 is 1.33 bits per heavy atom. The van der Waals surface area contributed by atoms with E-state index in [9.17, 15) is 9.59 Å². The number of esters is 1. The summed E-state index contributed by atoms with van der Waals surface area (Å²) < 4.78 is 4.85. The number of rotatable bonds is 1. The predicted octanol–water partition coefficient (Wildman–Crippen LogP) is 2.01. The van der Waals surface area contributed by atoms with Crippen molar-refractivity contribution in [3.8, 4) is 0 Å². The van der Waals surface area contributed by atoms with Crippen LogP contribution in [0.5, 0.6) is 0 Å². The van der Waals surface area contributed by atoms with Crippen molar-refractivity contribution in [2.45, 2.75) is 39.0 Å². The van der Waals surface area contributed by atoms with Crippen LogP contribution in [0.25, 0.3) is 0 Å². The molecule has 0 N–H and O–H groups in total. The minimum Gasteiger partial charge on any atom is -0.468 e. The van der Waals surface area contributed by atoms with Crippen LogP contribution in [-0.2, 0) is 14.3 Å². The van der Waals surface area contributed by atoms with E-state index in [0.29, 0.717) is 12.8 Å². The third-order valence-corrected chi connectivity index (χ3v) is 3.71. The molecule has 0 saturated carbocycles. The van der Waals surface area contributed by atoms with Gasteiger partial charge in [0.15, 0.2) is 5.78 Å². The van der Waals surface area contributed by atoms with Crippen molar-refractivity contribution in [2.75, 3.05) is 7.11 Å². The third kappa shape index (κ3) is 1.41. The largest absolute Gasteiger partial charge is 0.468 e. The number of Topliss-reactive ketones (excluding diaryl/α,β-unsaturated/α-hetero) is 1. The van der Waals surface area contributed by atoms with Crippen molar-refractivity contribution in [2.24, 2.45) is 5.41 Å². The molecule has 2 rings (SSSR count). The van der Waals surface area contributed by atoms with Gasteiger partial charge in [0.1, 0.15) is 0 Å². The lowest BCUT2D eigenvalue weighted by atomic mass is 9.71. The number of carbonyl (C=O) groups excluding carboxylic acids is 2. The molecule has 3 heteroatoms. The Morgan fingerprint density at radius 2 is 2.07 bits per heavy atom. The van der Waals surface area contributed by atoms with E-state index in [1.807, 2.05) is 6.92 Å². The van der Waals surface area contributed by atoms with Crippen molar-refractivity contribution in [1.82, 2.24) is 0 Å². The minimum absolute atomic E-state index is 0.190. The molecule has 0 spiro atoms. The van der Waals surface area contributed by atoms with Crippen LogP contribution in [0.4, 0.5) is 0 Å². The van der Waals surface area contributed by atoms with Gasteiger partial charge in [0.2, 0.25) is 0 Å². The van der Waals surface area contributed by atoms with Crippen LogP contribution in [0.15, 0.2) is 11.1 Å². The van der Waals surface area contributed by atoms with Crippen LogP contribution in [-0.4, -0.2) is 18.9 Å². The van der Waals surface area contributed by atoms with Crippen molar-refractivity contribution in [3.05, 3.63) is 11.1 Å². The molecule has 0 bridgehead atoms. The number of ketones is 1. The van der Waals surface area contributed by atoms with Crippen molar-refractivity contribution >= 4 is 11.8 Å². The molecule has 0 aromatic carbocycles. The van der Waals surface area contributed by atoms with Gasteiger partial charge in [0.05, 0.1) is 12.5 Å². The number of carbonyl (C=O) groups is 2. The first-order chi connectivity index (χ1) is 7.09. The van der Waals surface area contributed by atoms with Crippen LogP contribution in [0.1, 0.15) is 39.0 Å². The normalized spacial score (nSPS) is 30.4. The zero-order chi connectivity index (χ0) is 11.1. The van der Waals surface area contributed by atoms with E-state index in [-0.39, 0.29) is 11.8 Å². The van der Waals surface area contributed by atoms with Crippen molar-refractivity contribution in [3.63, 3.8) is 0 Å². The fraction of sp³-hybridized carbons (Fsp3) is 0.667. The molecular formula is C12H16O3. The summed E-state index contributed by atoms with van der Waals surface area (Å²) in [5.41, 5.74) is 1.42. The molecule has 0 aromatic rings. The average Bonchev–Trinajstić information content (AvgIpc) is 2.73. The molecule has 3 nitrogen and oxygen atoms in total. The van der Waals surface area contributed by atoms with Gasteiger partial charge in [-0.25, -0.2) is 0 Å². The molecule has 1 atom stereocenters. The minimum atomic E-state index is -0.533. The van der Waals surface area contributed by atoms with E-state index in [1.165, 1.54) is 7.11 Å². The second kappa shape index (κ2) is 3.47. The second-order valence-electron chi connectivity index (χ2n) is 4.56. The monoisotopic (exact) mass is 208 g/mol. The highest BCUT2D eigenvalue weighted by molar-refractivity contribution is 6.00. The summed E-state index contributed by atoms with van der Waals surface area (Å²) in [6.45, 7) is 1.91. The van der Waals surface area contributed by atoms with Gasteiger partial charge in [-0.2, -0.15) is 0 Å². The summed E-state index contributed by atoms with van der Waals surface area (Å²) in [4.78, 5) is 23.4. The smallest absolute Gasteiger partial charge is 0.315 e. The standard InChI is InChI=1S/C12H16O3/c1-12(11(14)15-2)7-6-10(13)8-4-3-5-9(8)12/h3-7H2,1-2H3. The molecule has 0 amide bonds. The summed E-state index contributed by atoms with van der Waals surface area (Å²) in [6, 6.07) is 0. The van der Waals surface area contributed by atoms with E-state index in [2.05, 4.69) is 0 Å². The van der Waals surface area contributed by atoms with E-state index >= 15 is 0 Å². The molecule has 0 saturated heterocycles. The van der Waals surface area contributed by atoms with E-state index in [1.54, 1.807) is 0 Å². The Balaban J connectivity index is 2.43. The van der Waals surface area contributed by atoms with Gasteiger partial charge in [-0.05, 0) is 43.8 Å². The predicted molar refractivity (Wildman–Crippen MR) is 55.2 cm³/mol. The van der Waals surface area contributed by atoms with Crippen LogP contribution in [0.2, 0.25) is 0 Å². The van der Waals surface area contributed by atoms with E-state index in [0.717, 1.165) is 30.4 Å².